The number of guanidine groups is 1. The van der Waals surface area contributed by atoms with Gasteiger partial charge >= 0.3 is 0 Å². The first-order valence-electron chi connectivity index (χ1n) is 8.90. The van der Waals surface area contributed by atoms with Crippen LogP contribution in [0, 0.1) is 0 Å². The summed E-state index contributed by atoms with van der Waals surface area (Å²) >= 11 is 0. The quantitative estimate of drug-likeness (QED) is 0.347. The number of hydrogen-bond acceptors (Lipinski definition) is 4. The lowest BCUT2D eigenvalue weighted by molar-refractivity contribution is 0.180. The molecule has 0 saturated carbocycles. The highest BCUT2D eigenvalue weighted by Crippen LogP contribution is 1.99. The second-order valence-corrected chi connectivity index (χ2v) is 6.09. The van der Waals surface area contributed by atoms with Gasteiger partial charge in [-0.2, -0.15) is 0 Å². The van der Waals surface area contributed by atoms with Gasteiger partial charge in [0.25, 0.3) is 0 Å². The van der Waals surface area contributed by atoms with Gasteiger partial charge in [-0.1, -0.05) is 6.92 Å². The van der Waals surface area contributed by atoms with Gasteiger partial charge < -0.3 is 24.7 Å². The molecule has 6 nitrogen and oxygen atoms in total. The van der Waals surface area contributed by atoms with Gasteiger partial charge in [-0.15, -0.1) is 0 Å². The summed E-state index contributed by atoms with van der Waals surface area (Å²) in [6, 6.07) is 4.32. The molecule has 1 aromatic rings. The van der Waals surface area contributed by atoms with Crippen molar-refractivity contribution in [2.45, 2.75) is 39.2 Å². The summed E-state index contributed by atoms with van der Waals surface area (Å²) in [6.45, 7) is 8.69. The van der Waals surface area contributed by atoms with Crippen LogP contribution in [0.5, 0.6) is 0 Å². The summed E-state index contributed by atoms with van der Waals surface area (Å²) < 4.78 is 10.4. The zero-order chi connectivity index (χ0) is 17.6. The van der Waals surface area contributed by atoms with Crippen LogP contribution in [-0.2, 0) is 11.2 Å². The number of hydrogen-bond donors (Lipinski definition) is 2. The van der Waals surface area contributed by atoms with Crippen molar-refractivity contribution in [3.63, 3.8) is 0 Å². The fraction of sp³-hybridized carbons (Fsp3) is 0.722. The summed E-state index contributed by atoms with van der Waals surface area (Å²) in [5.74, 6) is 1.87. The fourth-order valence-electron chi connectivity index (χ4n) is 2.17. The summed E-state index contributed by atoms with van der Waals surface area (Å²) in [5.41, 5.74) is 0. The van der Waals surface area contributed by atoms with Crippen LogP contribution in [0.1, 0.15) is 32.4 Å². The third-order valence-electron chi connectivity index (χ3n) is 3.88. The Kier molecular flexibility index (Phi) is 11.0. The first-order valence-corrected chi connectivity index (χ1v) is 8.90. The lowest BCUT2D eigenvalue weighted by Crippen LogP contribution is -2.43. The topological polar surface area (TPSA) is 62.0 Å². The Balaban J connectivity index is 2.36. The zero-order valence-corrected chi connectivity index (χ0v) is 15.7. The molecule has 1 aromatic heterocycles. The average Bonchev–Trinajstić information content (AvgIpc) is 3.08. The van der Waals surface area contributed by atoms with Crippen molar-refractivity contribution in [3.05, 3.63) is 24.2 Å². The van der Waals surface area contributed by atoms with E-state index in [1.54, 1.807) is 13.4 Å². The number of nitrogens with zero attached hydrogens (tertiary/aromatic N) is 2. The van der Waals surface area contributed by atoms with E-state index in [0.717, 1.165) is 63.8 Å². The van der Waals surface area contributed by atoms with Gasteiger partial charge in [0.05, 0.1) is 12.8 Å². The fourth-order valence-corrected chi connectivity index (χ4v) is 2.17. The molecule has 0 amide bonds. The molecule has 0 spiro atoms. The van der Waals surface area contributed by atoms with Crippen LogP contribution < -0.4 is 10.6 Å². The van der Waals surface area contributed by atoms with Crippen molar-refractivity contribution < 1.29 is 9.15 Å². The Morgan fingerprint density at radius 2 is 2.25 bits per heavy atom. The molecule has 0 saturated heterocycles. The molecular formula is C18H34N4O2. The third-order valence-corrected chi connectivity index (χ3v) is 3.88. The lowest BCUT2D eigenvalue weighted by atomic mass is 10.3. The van der Waals surface area contributed by atoms with E-state index in [0.29, 0.717) is 6.04 Å². The summed E-state index contributed by atoms with van der Waals surface area (Å²) in [6.07, 6.45) is 4.68. The average molecular weight is 338 g/mol. The number of likely N-dealkylation sites (N-methyl/N-ethyl adjacent to an activating group) is 1. The highest BCUT2D eigenvalue weighted by molar-refractivity contribution is 5.80. The van der Waals surface area contributed by atoms with Gasteiger partial charge in [0.2, 0.25) is 0 Å². The second kappa shape index (κ2) is 12.8. The number of rotatable bonds is 12. The van der Waals surface area contributed by atoms with Crippen molar-refractivity contribution in [1.29, 1.82) is 0 Å². The third kappa shape index (κ3) is 9.57. The minimum absolute atomic E-state index is 0.402. The van der Waals surface area contributed by atoms with Gasteiger partial charge in [0.1, 0.15) is 5.76 Å². The molecule has 1 rings (SSSR count). The predicted molar refractivity (Wildman–Crippen MR) is 99.6 cm³/mol. The van der Waals surface area contributed by atoms with Crippen molar-refractivity contribution in [2.75, 3.05) is 46.9 Å². The monoisotopic (exact) mass is 338 g/mol. The molecule has 0 bridgehead atoms. The van der Waals surface area contributed by atoms with Gasteiger partial charge in [-0.05, 0) is 38.9 Å². The molecule has 0 radical (unpaired) electrons. The highest BCUT2D eigenvalue weighted by Gasteiger charge is 2.04. The van der Waals surface area contributed by atoms with E-state index in [2.05, 4.69) is 41.4 Å². The van der Waals surface area contributed by atoms with Crippen LogP contribution in [-0.4, -0.2) is 63.8 Å². The number of ether oxygens (including phenoxy) is 1. The van der Waals surface area contributed by atoms with E-state index in [1.807, 2.05) is 12.1 Å². The van der Waals surface area contributed by atoms with Crippen LogP contribution in [0.15, 0.2) is 27.8 Å². The highest BCUT2D eigenvalue weighted by atomic mass is 16.5. The van der Waals surface area contributed by atoms with Crippen LogP contribution >= 0.6 is 0 Å². The molecule has 2 N–H and O–H groups in total. The summed E-state index contributed by atoms with van der Waals surface area (Å²) in [5, 5.41) is 6.83. The molecule has 1 heterocycles. The van der Waals surface area contributed by atoms with Gasteiger partial charge in [0.15, 0.2) is 5.96 Å². The molecular weight excluding hydrogens is 304 g/mol. The number of methoxy groups -OCH3 is 1. The van der Waals surface area contributed by atoms with Crippen LogP contribution in [0.3, 0.4) is 0 Å². The van der Waals surface area contributed by atoms with E-state index in [9.17, 15) is 0 Å². The molecule has 0 aliphatic rings. The maximum absolute atomic E-state index is 5.36. The normalized spacial score (nSPS) is 13.3. The Hall–Kier alpha value is -1.53. The number of nitrogens with one attached hydrogen (secondary N) is 2. The molecule has 6 heteroatoms. The minimum Gasteiger partial charge on any atom is -0.469 e. The zero-order valence-electron chi connectivity index (χ0n) is 15.7. The standard InChI is InChI=1S/C18H34N4O2/c1-5-16(2)21-18(19-10-9-17-8-6-15-24-17)20-11-13-22(3)12-7-14-23-4/h6,8,15-16H,5,7,9-14H2,1-4H3,(H2,19,20,21). The summed E-state index contributed by atoms with van der Waals surface area (Å²) in [4.78, 5) is 6.97. The Morgan fingerprint density at radius 3 is 2.92 bits per heavy atom. The van der Waals surface area contributed by atoms with Crippen molar-refractivity contribution >= 4 is 5.96 Å². The first-order chi connectivity index (χ1) is 11.7. The van der Waals surface area contributed by atoms with E-state index in [4.69, 9.17) is 9.15 Å². The molecule has 0 aliphatic heterocycles. The molecule has 1 unspecified atom stereocenters. The van der Waals surface area contributed by atoms with Crippen LogP contribution in [0.4, 0.5) is 0 Å². The second-order valence-electron chi connectivity index (χ2n) is 6.09. The van der Waals surface area contributed by atoms with Crippen LogP contribution in [0.25, 0.3) is 0 Å². The van der Waals surface area contributed by atoms with Gasteiger partial charge in [-0.25, -0.2) is 0 Å². The van der Waals surface area contributed by atoms with Crippen LogP contribution in [0.2, 0.25) is 0 Å². The van der Waals surface area contributed by atoms with E-state index in [-0.39, 0.29) is 0 Å². The maximum atomic E-state index is 5.36. The largest absolute Gasteiger partial charge is 0.469 e. The SMILES string of the molecule is CCC(C)NC(=NCCN(C)CCCOC)NCCc1ccco1. The number of furan rings is 1. The first kappa shape index (κ1) is 20.5. The lowest BCUT2D eigenvalue weighted by Gasteiger charge is -2.18. The van der Waals surface area contributed by atoms with Crippen molar-refractivity contribution in [3.8, 4) is 0 Å². The number of aliphatic imine (C=N–C) groups is 1. The van der Waals surface area contributed by atoms with Gasteiger partial charge in [-0.3, -0.25) is 4.99 Å². The van der Waals surface area contributed by atoms with Crippen molar-refractivity contribution in [2.24, 2.45) is 4.99 Å². The van der Waals surface area contributed by atoms with Crippen molar-refractivity contribution in [1.82, 2.24) is 15.5 Å². The minimum atomic E-state index is 0.402. The summed E-state index contributed by atoms with van der Waals surface area (Å²) in [7, 11) is 3.86. The van der Waals surface area contributed by atoms with Gasteiger partial charge in [0, 0.05) is 45.8 Å². The molecule has 24 heavy (non-hydrogen) atoms. The van der Waals surface area contributed by atoms with E-state index >= 15 is 0 Å². The maximum Gasteiger partial charge on any atom is 0.191 e. The van der Waals surface area contributed by atoms with E-state index < -0.39 is 0 Å². The van der Waals surface area contributed by atoms with E-state index in [1.165, 1.54) is 0 Å². The molecule has 0 fully saturated rings. The molecule has 1 atom stereocenters. The molecule has 138 valence electrons. The molecule has 0 aromatic carbocycles. The Bertz CT molecular complexity index is 434. The Morgan fingerprint density at radius 1 is 1.42 bits per heavy atom. The molecule has 0 aliphatic carbocycles. The smallest absolute Gasteiger partial charge is 0.191 e. The predicted octanol–water partition coefficient (Wildman–Crippen LogP) is 2.12. The Labute approximate surface area is 146 Å².